The Bertz CT molecular complexity index is 629. The molecule has 3 heteroatoms. The highest BCUT2D eigenvalue weighted by Gasteiger charge is 2.22. The number of aryl methyl sites for hydroxylation is 2. The van der Waals surface area contributed by atoms with Crippen molar-refractivity contribution in [2.45, 2.75) is 26.2 Å². The molecule has 1 unspecified atom stereocenters. The van der Waals surface area contributed by atoms with Gasteiger partial charge in [-0.3, -0.25) is 4.79 Å². The minimum Gasteiger partial charge on any atom is -0.497 e. The van der Waals surface area contributed by atoms with Gasteiger partial charge in [0.1, 0.15) is 5.75 Å². The van der Waals surface area contributed by atoms with Gasteiger partial charge in [-0.2, -0.15) is 0 Å². The average Bonchev–Trinajstić information content (AvgIpc) is 2.48. The molecule has 1 N–H and O–H groups in total. The molecule has 0 saturated heterocycles. The summed E-state index contributed by atoms with van der Waals surface area (Å²) in [4.78, 5) is 11.7. The van der Waals surface area contributed by atoms with E-state index in [1.165, 1.54) is 0 Å². The molecule has 0 bridgehead atoms. The minimum atomic E-state index is -0.792. The zero-order valence-corrected chi connectivity index (χ0v) is 12.6. The van der Waals surface area contributed by atoms with Gasteiger partial charge in [-0.1, -0.05) is 35.9 Å². The number of benzene rings is 2. The van der Waals surface area contributed by atoms with E-state index in [-0.39, 0.29) is 0 Å². The Balaban J connectivity index is 2.30. The van der Waals surface area contributed by atoms with Gasteiger partial charge in [0, 0.05) is 0 Å². The van der Waals surface area contributed by atoms with Crippen LogP contribution in [0, 0.1) is 13.8 Å². The quantitative estimate of drug-likeness (QED) is 0.910. The third-order valence-electron chi connectivity index (χ3n) is 3.71. The molecule has 0 aliphatic rings. The molecule has 2 rings (SSSR count). The van der Waals surface area contributed by atoms with Crippen molar-refractivity contribution in [2.75, 3.05) is 7.11 Å². The zero-order valence-electron chi connectivity index (χ0n) is 12.6. The Morgan fingerprint density at radius 3 is 2.38 bits per heavy atom. The standard InChI is InChI=1S/C18H20O3/c1-12-4-5-13(2)16(10-12)17(18(19)20)11-14-6-8-15(21-3)9-7-14/h4-10,17H,11H2,1-3H3,(H,19,20). The van der Waals surface area contributed by atoms with E-state index in [0.29, 0.717) is 6.42 Å². The van der Waals surface area contributed by atoms with E-state index >= 15 is 0 Å². The van der Waals surface area contributed by atoms with E-state index in [4.69, 9.17) is 4.74 Å². The Kier molecular flexibility index (Phi) is 4.63. The smallest absolute Gasteiger partial charge is 0.311 e. The van der Waals surface area contributed by atoms with Crippen LogP contribution in [0.5, 0.6) is 5.75 Å². The predicted octanol–water partition coefficient (Wildman–Crippen LogP) is 3.72. The summed E-state index contributed by atoms with van der Waals surface area (Å²) < 4.78 is 5.12. The lowest BCUT2D eigenvalue weighted by Gasteiger charge is -2.16. The summed E-state index contributed by atoms with van der Waals surface area (Å²) in [5.74, 6) is -0.546. The molecule has 0 heterocycles. The number of hydrogen-bond donors (Lipinski definition) is 1. The SMILES string of the molecule is COc1ccc(CC(C(=O)O)c2cc(C)ccc2C)cc1. The molecule has 21 heavy (non-hydrogen) atoms. The number of ether oxygens (including phenoxy) is 1. The fraction of sp³-hybridized carbons (Fsp3) is 0.278. The first-order valence-electron chi connectivity index (χ1n) is 6.94. The highest BCUT2D eigenvalue weighted by molar-refractivity contribution is 5.77. The lowest BCUT2D eigenvalue weighted by Crippen LogP contribution is -2.16. The minimum absolute atomic E-state index is 0.476. The molecule has 2 aromatic rings. The molecule has 1 atom stereocenters. The normalized spacial score (nSPS) is 12.0. The summed E-state index contributed by atoms with van der Waals surface area (Å²) in [7, 11) is 1.62. The second-order valence-corrected chi connectivity index (χ2v) is 5.30. The van der Waals surface area contributed by atoms with Crippen LogP contribution in [0.2, 0.25) is 0 Å². The number of carboxylic acids is 1. The first-order chi connectivity index (χ1) is 10.0. The Hall–Kier alpha value is -2.29. The zero-order chi connectivity index (χ0) is 15.4. The van der Waals surface area contributed by atoms with Crippen LogP contribution in [0.1, 0.15) is 28.2 Å². The summed E-state index contributed by atoms with van der Waals surface area (Å²) >= 11 is 0. The maximum atomic E-state index is 11.7. The van der Waals surface area contributed by atoms with Crippen LogP contribution < -0.4 is 4.74 Å². The first kappa shape index (κ1) is 15.1. The van der Waals surface area contributed by atoms with Gasteiger partial charge >= 0.3 is 5.97 Å². The van der Waals surface area contributed by atoms with Gasteiger partial charge in [-0.05, 0) is 49.1 Å². The molecule has 0 aliphatic carbocycles. The van der Waals surface area contributed by atoms with E-state index < -0.39 is 11.9 Å². The van der Waals surface area contributed by atoms with E-state index in [9.17, 15) is 9.90 Å². The third kappa shape index (κ3) is 3.63. The average molecular weight is 284 g/mol. The van der Waals surface area contributed by atoms with E-state index in [2.05, 4.69) is 0 Å². The van der Waals surface area contributed by atoms with Crippen LogP contribution in [0.3, 0.4) is 0 Å². The molecular weight excluding hydrogens is 264 g/mol. The van der Waals surface area contributed by atoms with Crippen molar-refractivity contribution in [3.8, 4) is 5.75 Å². The summed E-state index contributed by atoms with van der Waals surface area (Å²) in [6.45, 7) is 3.94. The van der Waals surface area contributed by atoms with Crippen LogP contribution in [-0.2, 0) is 11.2 Å². The van der Waals surface area contributed by atoms with Crippen molar-refractivity contribution in [1.82, 2.24) is 0 Å². The van der Waals surface area contributed by atoms with Gasteiger partial charge < -0.3 is 9.84 Å². The molecule has 0 fully saturated rings. The van der Waals surface area contributed by atoms with Gasteiger partial charge in [0.2, 0.25) is 0 Å². The Labute approximate surface area is 125 Å². The fourth-order valence-electron chi connectivity index (χ4n) is 2.46. The predicted molar refractivity (Wildman–Crippen MR) is 83.0 cm³/mol. The molecule has 110 valence electrons. The summed E-state index contributed by atoms with van der Waals surface area (Å²) in [5, 5.41) is 9.58. The number of aliphatic carboxylic acids is 1. The van der Waals surface area contributed by atoms with Crippen molar-refractivity contribution in [3.05, 3.63) is 64.7 Å². The maximum absolute atomic E-state index is 11.7. The molecular formula is C18H20O3. The highest BCUT2D eigenvalue weighted by Crippen LogP contribution is 2.26. The van der Waals surface area contributed by atoms with Crippen LogP contribution >= 0.6 is 0 Å². The molecule has 0 radical (unpaired) electrons. The van der Waals surface area contributed by atoms with Gasteiger partial charge in [-0.15, -0.1) is 0 Å². The molecule has 0 aliphatic heterocycles. The van der Waals surface area contributed by atoms with E-state index in [1.807, 2.05) is 56.3 Å². The lowest BCUT2D eigenvalue weighted by molar-refractivity contribution is -0.138. The van der Waals surface area contributed by atoms with Gasteiger partial charge in [-0.25, -0.2) is 0 Å². The monoisotopic (exact) mass is 284 g/mol. The third-order valence-corrected chi connectivity index (χ3v) is 3.71. The van der Waals surface area contributed by atoms with Crippen molar-refractivity contribution < 1.29 is 14.6 Å². The molecule has 2 aromatic carbocycles. The Morgan fingerprint density at radius 1 is 1.14 bits per heavy atom. The van der Waals surface area contributed by atoms with E-state index in [1.54, 1.807) is 7.11 Å². The first-order valence-corrected chi connectivity index (χ1v) is 6.94. The number of carboxylic acid groups (broad SMARTS) is 1. The highest BCUT2D eigenvalue weighted by atomic mass is 16.5. The second kappa shape index (κ2) is 6.44. The molecule has 0 spiro atoms. The summed E-state index contributed by atoms with van der Waals surface area (Å²) in [5.41, 5.74) is 3.97. The number of rotatable bonds is 5. The van der Waals surface area contributed by atoms with Gasteiger partial charge in [0.15, 0.2) is 0 Å². The van der Waals surface area contributed by atoms with Crippen LogP contribution in [0.25, 0.3) is 0 Å². The summed E-state index contributed by atoms with van der Waals surface area (Å²) in [6.07, 6.45) is 0.476. The number of hydrogen-bond acceptors (Lipinski definition) is 2. The van der Waals surface area contributed by atoms with Crippen LogP contribution in [0.15, 0.2) is 42.5 Å². The molecule has 0 saturated carbocycles. The molecule has 0 amide bonds. The van der Waals surface area contributed by atoms with Gasteiger partial charge in [0.05, 0.1) is 13.0 Å². The maximum Gasteiger partial charge on any atom is 0.311 e. The van der Waals surface area contributed by atoms with Crippen LogP contribution in [-0.4, -0.2) is 18.2 Å². The summed E-state index contributed by atoms with van der Waals surface area (Å²) in [6, 6.07) is 13.5. The lowest BCUT2D eigenvalue weighted by atomic mass is 9.88. The van der Waals surface area contributed by atoms with Crippen molar-refractivity contribution in [2.24, 2.45) is 0 Å². The van der Waals surface area contributed by atoms with Crippen LogP contribution in [0.4, 0.5) is 0 Å². The van der Waals surface area contributed by atoms with Gasteiger partial charge in [0.25, 0.3) is 0 Å². The van der Waals surface area contributed by atoms with Crippen molar-refractivity contribution >= 4 is 5.97 Å². The largest absolute Gasteiger partial charge is 0.497 e. The Morgan fingerprint density at radius 2 is 1.81 bits per heavy atom. The number of carbonyl (C=O) groups is 1. The number of methoxy groups -OCH3 is 1. The molecule has 0 aromatic heterocycles. The van der Waals surface area contributed by atoms with E-state index in [0.717, 1.165) is 28.0 Å². The second-order valence-electron chi connectivity index (χ2n) is 5.30. The van der Waals surface area contributed by atoms with Crippen molar-refractivity contribution in [3.63, 3.8) is 0 Å². The molecule has 3 nitrogen and oxygen atoms in total. The fourth-order valence-corrected chi connectivity index (χ4v) is 2.46. The van der Waals surface area contributed by atoms with Crippen molar-refractivity contribution in [1.29, 1.82) is 0 Å². The topological polar surface area (TPSA) is 46.5 Å².